The molecular weight excluding hydrogens is 174 g/mol. The maximum Gasteiger partial charge on any atom is 0.0593 e. The van der Waals surface area contributed by atoms with Crippen LogP contribution in [0.2, 0.25) is 0 Å². The van der Waals surface area contributed by atoms with Crippen LogP contribution in [0.15, 0.2) is 0 Å². The van der Waals surface area contributed by atoms with Crippen molar-refractivity contribution >= 4 is 0 Å². The van der Waals surface area contributed by atoms with Crippen molar-refractivity contribution in [1.29, 1.82) is 0 Å². The zero-order valence-electron chi connectivity index (χ0n) is 10.8. The standard InChI is InChI=1S/C12H27NO/c1-7-13(12(4,5)6)8-9-14-10-11(2)3/h11H,7-10H2,1-6H3. The molecule has 0 aliphatic rings. The van der Waals surface area contributed by atoms with E-state index in [-0.39, 0.29) is 5.54 Å². The highest BCUT2D eigenvalue weighted by molar-refractivity contribution is 4.74. The van der Waals surface area contributed by atoms with E-state index >= 15 is 0 Å². The van der Waals surface area contributed by atoms with Crippen molar-refractivity contribution in [3.63, 3.8) is 0 Å². The van der Waals surface area contributed by atoms with E-state index in [4.69, 9.17) is 4.74 Å². The quantitative estimate of drug-likeness (QED) is 0.613. The van der Waals surface area contributed by atoms with Gasteiger partial charge >= 0.3 is 0 Å². The number of rotatable bonds is 6. The second kappa shape index (κ2) is 6.41. The zero-order valence-corrected chi connectivity index (χ0v) is 10.8. The van der Waals surface area contributed by atoms with Crippen LogP contribution in [0.5, 0.6) is 0 Å². The summed E-state index contributed by atoms with van der Waals surface area (Å²) in [6.07, 6.45) is 0. The Balaban J connectivity index is 3.64. The molecule has 0 rings (SSSR count). The van der Waals surface area contributed by atoms with Gasteiger partial charge in [0.1, 0.15) is 0 Å². The van der Waals surface area contributed by atoms with Crippen LogP contribution in [-0.4, -0.2) is 36.7 Å². The highest BCUT2D eigenvalue weighted by atomic mass is 16.5. The molecule has 0 aromatic rings. The molecule has 0 heterocycles. The van der Waals surface area contributed by atoms with Crippen molar-refractivity contribution in [2.45, 2.75) is 47.1 Å². The molecule has 0 aliphatic carbocycles. The van der Waals surface area contributed by atoms with E-state index in [1.54, 1.807) is 0 Å². The van der Waals surface area contributed by atoms with Crippen molar-refractivity contribution in [2.24, 2.45) is 5.92 Å². The lowest BCUT2D eigenvalue weighted by molar-refractivity contribution is 0.0570. The molecule has 0 aromatic carbocycles. The Bertz CT molecular complexity index is 138. The molecule has 0 saturated carbocycles. The largest absolute Gasteiger partial charge is 0.380 e. The maximum absolute atomic E-state index is 5.58. The molecule has 0 aliphatic heterocycles. The van der Waals surface area contributed by atoms with Gasteiger partial charge in [0, 0.05) is 18.7 Å². The fraction of sp³-hybridized carbons (Fsp3) is 1.00. The predicted molar refractivity (Wildman–Crippen MR) is 62.7 cm³/mol. The molecule has 2 nitrogen and oxygen atoms in total. The molecule has 0 atom stereocenters. The summed E-state index contributed by atoms with van der Waals surface area (Å²) in [5.74, 6) is 0.639. The molecule has 0 saturated heterocycles. The average Bonchev–Trinajstić information content (AvgIpc) is 2.01. The summed E-state index contributed by atoms with van der Waals surface area (Å²) in [6, 6.07) is 0. The molecule has 0 radical (unpaired) electrons. The first-order valence-corrected chi connectivity index (χ1v) is 5.70. The first kappa shape index (κ1) is 13.9. The molecule has 2 heteroatoms. The number of hydrogen-bond acceptors (Lipinski definition) is 2. The molecular formula is C12H27NO. The molecule has 0 bridgehead atoms. The second-order valence-corrected chi connectivity index (χ2v) is 5.22. The highest BCUT2D eigenvalue weighted by Gasteiger charge is 2.18. The molecule has 0 amide bonds. The highest BCUT2D eigenvalue weighted by Crippen LogP contribution is 2.11. The van der Waals surface area contributed by atoms with Crippen LogP contribution >= 0.6 is 0 Å². The van der Waals surface area contributed by atoms with Gasteiger partial charge in [0.15, 0.2) is 0 Å². The Hall–Kier alpha value is -0.0800. The minimum Gasteiger partial charge on any atom is -0.380 e. The van der Waals surface area contributed by atoms with E-state index in [1.165, 1.54) is 0 Å². The van der Waals surface area contributed by atoms with Gasteiger partial charge in [-0.2, -0.15) is 0 Å². The van der Waals surface area contributed by atoms with Gasteiger partial charge in [-0.25, -0.2) is 0 Å². The normalized spacial score (nSPS) is 12.9. The van der Waals surface area contributed by atoms with Crippen molar-refractivity contribution in [3.8, 4) is 0 Å². The number of hydrogen-bond donors (Lipinski definition) is 0. The topological polar surface area (TPSA) is 12.5 Å². The van der Waals surface area contributed by atoms with Crippen LogP contribution < -0.4 is 0 Å². The Morgan fingerprint density at radius 1 is 1.21 bits per heavy atom. The molecule has 0 spiro atoms. The van der Waals surface area contributed by atoms with Crippen LogP contribution in [0.1, 0.15) is 41.5 Å². The summed E-state index contributed by atoms with van der Waals surface area (Å²) in [7, 11) is 0. The Kier molecular flexibility index (Phi) is 6.38. The van der Waals surface area contributed by atoms with Crippen LogP contribution in [0.3, 0.4) is 0 Å². The fourth-order valence-corrected chi connectivity index (χ4v) is 1.46. The fourth-order valence-electron chi connectivity index (χ4n) is 1.46. The minimum atomic E-state index is 0.260. The van der Waals surface area contributed by atoms with Gasteiger partial charge in [-0.05, 0) is 33.2 Å². The number of ether oxygens (including phenoxy) is 1. The van der Waals surface area contributed by atoms with Gasteiger partial charge in [0.2, 0.25) is 0 Å². The SMILES string of the molecule is CCN(CCOCC(C)C)C(C)(C)C. The van der Waals surface area contributed by atoms with E-state index in [0.717, 1.165) is 26.3 Å². The van der Waals surface area contributed by atoms with Crippen molar-refractivity contribution in [3.05, 3.63) is 0 Å². The molecule has 0 unspecified atom stereocenters. The first-order valence-electron chi connectivity index (χ1n) is 5.70. The Labute approximate surface area is 89.6 Å². The van der Waals surface area contributed by atoms with Crippen molar-refractivity contribution in [1.82, 2.24) is 4.90 Å². The summed E-state index contributed by atoms with van der Waals surface area (Å²) in [6.45, 7) is 17.2. The summed E-state index contributed by atoms with van der Waals surface area (Å²) in [4.78, 5) is 2.44. The van der Waals surface area contributed by atoms with Gasteiger partial charge < -0.3 is 4.74 Å². The van der Waals surface area contributed by atoms with Gasteiger partial charge in [0.05, 0.1) is 6.61 Å². The maximum atomic E-state index is 5.58. The second-order valence-electron chi connectivity index (χ2n) is 5.22. The van der Waals surface area contributed by atoms with Gasteiger partial charge in [-0.3, -0.25) is 4.90 Å². The minimum absolute atomic E-state index is 0.260. The van der Waals surface area contributed by atoms with Crippen molar-refractivity contribution < 1.29 is 4.74 Å². The number of nitrogens with zero attached hydrogens (tertiary/aromatic N) is 1. The lowest BCUT2D eigenvalue weighted by Crippen LogP contribution is -2.43. The van der Waals surface area contributed by atoms with E-state index in [0.29, 0.717) is 5.92 Å². The molecule has 0 aromatic heterocycles. The average molecular weight is 201 g/mol. The predicted octanol–water partition coefficient (Wildman–Crippen LogP) is 2.78. The molecule has 0 fully saturated rings. The van der Waals surface area contributed by atoms with Crippen molar-refractivity contribution in [2.75, 3.05) is 26.3 Å². The third-order valence-corrected chi connectivity index (χ3v) is 2.29. The Morgan fingerprint density at radius 2 is 1.79 bits per heavy atom. The summed E-state index contributed by atoms with van der Waals surface area (Å²) >= 11 is 0. The molecule has 86 valence electrons. The van der Waals surface area contributed by atoms with E-state index < -0.39 is 0 Å². The molecule has 14 heavy (non-hydrogen) atoms. The lowest BCUT2D eigenvalue weighted by Gasteiger charge is -2.34. The van der Waals surface area contributed by atoms with Crippen LogP contribution in [0.25, 0.3) is 0 Å². The monoisotopic (exact) mass is 201 g/mol. The third-order valence-electron chi connectivity index (χ3n) is 2.29. The van der Waals surface area contributed by atoms with Crippen LogP contribution in [0, 0.1) is 5.92 Å². The summed E-state index contributed by atoms with van der Waals surface area (Å²) < 4.78 is 5.58. The van der Waals surface area contributed by atoms with Gasteiger partial charge in [-0.15, -0.1) is 0 Å². The lowest BCUT2D eigenvalue weighted by atomic mass is 10.1. The van der Waals surface area contributed by atoms with E-state index in [2.05, 4.69) is 46.4 Å². The third kappa shape index (κ3) is 6.39. The van der Waals surface area contributed by atoms with E-state index in [9.17, 15) is 0 Å². The smallest absolute Gasteiger partial charge is 0.0593 e. The van der Waals surface area contributed by atoms with Gasteiger partial charge in [0.25, 0.3) is 0 Å². The first-order chi connectivity index (χ1) is 6.38. The Morgan fingerprint density at radius 3 is 2.14 bits per heavy atom. The summed E-state index contributed by atoms with van der Waals surface area (Å²) in [5, 5.41) is 0. The number of likely N-dealkylation sites (N-methyl/N-ethyl adjacent to an activating group) is 1. The molecule has 0 N–H and O–H groups in total. The van der Waals surface area contributed by atoms with E-state index in [1.807, 2.05) is 0 Å². The van der Waals surface area contributed by atoms with Gasteiger partial charge in [-0.1, -0.05) is 20.8 Å². The zero-order chi connectivity index (χ0) is 11.2. The summed E-state index contributed by atoms with van der Waals surface area (Å²) in [5.41, 5.74) is 0.260. The van der Waals surface area contributed by atoms with Crippen LogP contribution in [0.4, 0.5) is 0 Å². The van der Waals surface area contributed by atoms with Crippen LogP contribution in [-0.2, 0) is 4.74 Å².